The van der Waals surface area contributed by atoms with Crippen LogP contribution in [-0.2, 0) is 18.3 Å². The number of hydrogen-bond acceptors (Lipinski definition) is 5. The molecule has 1 aliphatic carbocycles. The lowest BCUT2D eigenvalue weighted by atomic mass is 10.1. The Morgan fingerprint density at radius 3 is 2.59 bits per heavy atom. The number of fused-ring (bicyclic) bond motifs is 1. The van der Waals surface area contributed by atoms with Gasteiger partial charge in [0.25, 0.3) is 0 Å². The number of hydrogen-bond donors (Lipinski definition) is 2. The van der Waals surface area contributed by atoms with Crippen LogP contribution in [0.4, 0.5) is 10.1 Å². The first-order chi connectivity index (χ1) is 19.8. The fraction of sp³-hybridized carbons (Fsp3) is 0.188. The van der Waals surface area contributed by atoms with Gasteiger partial charge in [-0.25, -0.2) is 9.37 Å². The molecule has 1 saturated carbocycles. The molecule has 1 aliphatic rings. The molecule has 3 heterocycles. The average molecular weight is 582 g/mol. The Balaban J connectivity index is 0.000000168. The molecule has 0 radical (unpaired) electrons. The summed E-state index contributed by atoms with van der Waals surface area (Å²) in [7, 11) is 2.03. The van der Waals surface area contributed by atoms with Crippen LogP contribution < -0.4 is 10.6 Å². The molecule has 1 amide bonds. The second kappa shape index (κ2) is 12.4. The molecule has 0 unspecified atom stereocenters. The Hall–Kier alpha value is -4.39. The first kappa shape index (κ1) is 28.1. The standard InChI is InChI=1S/C18H15FN2OS.C14H13N3S/c1-3-13-5-7-14(8-6-13)10-17(22)21-18(23)20-15-9-4-12(2)16(19)11-15;1-17-7-6-16-14(17)12-8-11-13(18-12)10(4-5-15-11)9-2-3-9/h1,4-9,11H,10H2,2H3,(H2,20,21,22,23);4-9H,2-3H2,1H3. The van der Waals surface area contributed by atoms with Gasteiger partial charge in [0, 0.05) is 36.9 Å². The van der Waals surface area contributed by atoms with Gasteiger partial charge in [-0.05, 0) is 91.0 Å². The molecule has 41 heavy (non-hydrogen) atoms. The number of aromatic nitrogens is 3. The molecular weight excluding hydrogens is 554 g/mol. The lowest BCUT2D eigenvalue weighted by molar-refractivity contribution is -0.119. The highest BCUT2D eigenvalue weighted by atomic mass is 32.1. The number of carbonyl (C=O) groups excluding carboxylic acids is 1. The first-order valence-electron chi connectivity index (χ1n) is 13.1. The van der Waals surface area contributed by atoms with Gasteiger partial charge in [-0.15, -0.1) is 17.8 Å². The Bertz CT molecular complexity index is 1760. The summed E-state index contributed by atoms with van der Waals surface area (Å²) < 4.78 is 16.9. The zero-order valence-corrected chi connectivity index (χ0v) is 24.3. The molecule has 0 spiro atoms. The molecule has 9 heteroatoms. The lowest BCUT2D eigenvalue weighted by Crippen LogP contribution is -2.35. The number of nitrogens with zero attached hydrogens (tertiary/aromatic N) is 3. The molecule has 5 aromatic rings. The number of aryl methyl sites for hydroxylation is 2. The minimum absolute atomic E-state index is 0.124. The molecular formula is C32H28FN5OS2. The minimum Gasteiger partial charge on any atom is -0.333 e. The summed E-state index contributed by atoms with van der Waals surface area (Å²) in [6.45, 7) is 1.67. The molecule has 0 atom stereocenters. The maximum absolute atomic E-state index is 13.5. The molecule has 0 aliphatic heterocycles. The van der Waals surface area contributed by atoms with E-state index in [1.54, 1.807) is 43.3 Å². The Labute approximate surface area is 247 Å². The van der Waals surface area contributed by atoms with E-state index in [9.17, 15) is 9.18 Å². The third-order valence-corrected chi connectivity index (χ3v) is 8.04. The van der Waals surface area contributed by atoms with Crippen LogP contribution in [0.5, 0.6) is 0 Å². The number of nitrogens with one attached hydrogen (secondary N) is 2. The molecule has 1 fully saturated rings. The minimum atomic E-state index is -0.335. The fourth-order valence-corrected chi connectivity index (χ4v) is 5.77. The number of halogens is 1. The van der Waals surface area contributed by atoms with Crippen LogP contribution >= 0.6 is 23.6 Å². The molecule has 206 valence electrons. The summed E-state index contributed by atoms with van der Waals surface area (Å²) >= 11 is 6.87. The third kappa shape index (κ3) is 7.04. The van der Waals surface area contributed by atoms with E-state index in [-0.39, 0.29) is 23.3 Å². The SMILES string of the molecule is C#Cc1ccc(CC(=O)NC(=S)Nc2ccc(C)c(F)c2)cc1.Cn1ccnc1-c1cc2nccc(C3CC3)c2s1. The molecule has 0 bridgehead atoms. The topological polar surface area (TPSA) is 71.8 Å². The number of rotatable bonds is 5. The van der Waals surface area contributed by atoms with E-state index in [0.717, 1.165) is 28.4 Å². The van der Waals surface area contributed by atoms with E-state index in [4.69, 9.17) is 18.6 Å². The molecule has 0 saturated heterocycles. The second-order valence-corrected chi connectivity index (χ2v) is 11.3. The van der Waals surface area contributed by atoms with Gasteiger partial charge in [-0.3, -0.25) is 9.78 Å². The molecule has 6 nitrogen and oxygen atoms in total. The second-order valence-electron chi connectivity index (χ2n) is 9.85. The van der Waals surface area contributed by atoms with Crippen molar-refractivity contribution in [2.24, 2.45) is 7.05 Å². The van der Waals surface area contributed by atoms with E-state index in [2.05, 4.69) is 43.2 Å². The number of thiophene rings is 1. The number of thiocarbonyl (C=S) groups is 1. The van der Waals surface area contributed by atoms with Crippen LogP contribution in [0.25, 0.3) is 20.9 Å². The van der Waals surface area contributed by atoms with Gasteiger partial charge in [0.2, 0.25) is 5.91 Å². The normalized spacial score (nSPS) is 12.2. The number of anilines is 1. The van der Waals surface area contributed by atoms with Crippen molar-refractivity contribution >= 4 is 50.5 Å². The largest absolute Gasteiger partial charge is 0.333 e. The fourth-order valence-electron chi connectivity index (χ4n) is 4.29. The smallest absolute Gasteiger partial charge is 0.230 e. The van der Waals surface area contributed by atoms with Crippen LogP contribution in [0.15, 0.2) is 73.2 Å². The Morgan fingerprint density at radius 1 is 1.15 bits per heavy atom. The first-order valence-corrected chi connectivity index (χ1v) is 14.3. The van der Waals surface area contributed by atoms with Gasteiger partial charge in [-0.2, -0.15) is 0 Å². The molecule has 2 aromatic carbocycles. The van der Waals surface area contributed by atoms with Gasteiger partial charge >= 0.3 is 0 Å². The maximum atomic E-state index is 13.5. The van der Waals surface area contributed by atoms with Crippen LogP contribution in [-0.4, -0.2) is 25.6 Å². The number of benzene rings is 2. The number of imidazole rings is 1. The zero-order valence-electron chi connectivity index (χ0n) is 22.6. The van der Waals surface area contributed by atoms with Crippen LogP contribution in [0, 0.1) is 25.1 Å². The number of pyridine rings is 1. The number of carbonyl (C=O) groups is 1. The predicted molar refractivity (Wildman–Crippen MR) is 167 cm³/mol. The van der Waals surface area contributed by atoms with Crippen molar-refractivity contribution in [3.63, 3.8) is 0 Å². The van der Waals surface area contributed by atoms with E-state index < -0.39 is 0 Å². The van der Waals surface area contributed by atoms with Crippen LogP contribution in [0.3, 0.4) is 0 Å². The quantitative estimate of drug-likeness (QED) is 0.178. The van der Waals surface area contributed by atoms with Crippen molar-refractivity contribution in [2.75, 3.05) is 5.32 Å². The average Bonchev–Trinajstić information content (AvgIpc) is 3.56. The monoisotopic (exact) mass is 581 g/mol. The van der Waals surface area contributed by atoms with Crippen LogP contribution in [0.2, 0.25) is 0 Å². The third-order valence-electron chi connectivity index (χ3n) is 6.67. The summed E-state index contributed by atoms with van der Waals surface area (Å²) in [6, 6.07) is 16.1. The van der Waals surface area contributed by atoms with Gasteiger partial charge in [0.05, 0.1) is 21.5 Å². The summed E-state index contributed by atoms with van der Waals surface area (Å²) in [5.74, 6) is 3.71. The van der Waals surface area contributed by atoms with Gasteiger partial charge in [0.1, 0.15) is 11.6 Å². The number of terminal acetylenes is 1. The van der Waals surface area contributed by atoms with Crippen molar-refractivity contribution in [2.45, 2.75) is 32.1 Å². The molecule has 6 rings (SSSR count). The summed E-state index contributed by atoms with van der Waals surface area (Å²) in [4.78, 5) is 22.0. The lowest BCUT2D eigenvalue weighted by Gasteiger charge is -2.10. The van der Waals surface area contributed by atoms with Crippen molar-refractivity contribution in [3.8, 4) is 23.0 Å². The van der Waals surface area contributed by atoms with Gasteiger partial charge in [-0.1, -0.05) is 24.1 Å². The summed E-state index contributed by atoms with van der Waals surface area (Å²) in [5.41, 5.74) is 5.20. The van der Waals surface area contributed by atoms with Crippen molar-refractivity contribution in [1.82, 2.24) is 19.9 Å². The zero-order chi connectivity index (χ0) is 28.9. The van der Waals surface area contributed by atoms with Crippen molar-refractivity contribution in [3.05, 3.63) is 101 Å². The van der Waals surface area contributed by atoms with Crippen LogP contribution in [0.1, 0.15) is 41.0 Å². The van der Waals surface area contributed by atoms with E-state index in [1.165, 1.54) is 34.0 Å². The van der Waals surface area contributed by atoms with Gasteiger partial charge < -0.3 is 15.2 Å². The van der Waals surface area contributed by atoms with E-state index in [0.29, 0.717) is 11.3 Å². The Kier molecular flexibility index (Phi) is 8.53. The molecule has 3 aromatic heterocycles. The van der Waals surface area contributed by atoms with E-state index >= 15 is 0 Å². The maximum Gasteiger partial charge on any atom is 0.230 e. The number of amides is 1. The van der Waals surface area contributed by atoms with E-state index in [1.807, 2.05) is 37.0 Å². The van der Waals surface area contributed by atoms with Crippen molar-refractivity contribution in [1.29, 1.82) is 0 Å². The highest BCUT2D eigenvalue weighted by Crippen LogP contribution is 2.45. The Morgan fingerprint density at radius 2 is 1.93 bits per heavy atom. The highest BCUT2D eigenvalue weighted by Gasteiger charge is 2.26. The highest BCUT2D eigenvalue weighted by molar-refractivity contribution is 7.80. The summed E-state index contributed by atoms with van der Waals surface area (Å²) in [5, 5.41) is 5.46. The molecule has 2 N–H and O–H groups in total. The predicted octanol–water partition coefficient (Wildman–Crippen LogP) is 6.75. The summed E-state index contributed by atoms with van der Waals surface area (Å²) in [6.07, 6.45) is 13.9. The van der Waals surface area contributed by atoms with Gasteiger partial charge in [0.15, 0.2) is 5.11 Å². The van der Waals surface area contributed by atoms with Crippen molar-refractivity contribution < 1.29 is 9.18 Å².